The lowest BCUT2D eigenvalue weighted by molar-refractivity contribution is -0.127. The number of aliphatic imine (C=N–C) groups is 1. The number of carbonyl (C=O) groups excluding carboxylic acids is 1. The number of benzene rings is 1. The summed E-state index contributed by atoms with van der Waals surface area (Å²) in [5.74, 6) is 0.595. The molecule has 1 saturated heterocycles. The highest BCUT2D eigenvalue weighted by Gasteiger charge is 2.22. The zero-order valence-corrected chi connectivity index (χ0v) is 19.0. The number of halogens is 2. The van der Waals surface area contributed by atoms with Crippen LogP contribution in [-0.2, 0) is 4.79 Å². The number of nitrogens with one attached hydrogen (secondary N) is 2. The minimum absolute atomic E-state index is 0. The summed E-state index contributed by atoms with van der Waals surface area (Å²) < 4.78 is 0. The molecule has 1 unspecified atom stereocenters. The fourth-order valence-corrected chi connectivity index (χ4v) is 3.08. The Labute approximate surface area is 184 Å². The summed E-state index contributed by atoms with van der Waals surface area (Å²) in [6.07, 6.45) is 3.87. The van der Waals surface area contributed by atoms with E-state index in [1.54, 1.807) is 20.2 Å². The van der Waals surface area contributed by atoms with Crippen LogP contribution in [0.3, 0.4) is 0 Å². The Morgan fingerprint density at radius 2 is 2.19 bits per heavy atom. The predicted molar refractivity (Wildman–Crippen MR) is 124 cm³/mol. The van der Waals surface area contributed by atoms with Gasteiger partial charge in [0.2, 0.25) is 5.91 Å². The van der Waals surface area contributed by atoms with Crippen molar-refractivity contribution in [1.82, 2.24) is 15.5 Å². The zero-order chi connectivity index (χ0) is 18.9. The summed E-state index contributed by atoms with van der Waals surface area (Å²) in [7, 11) is 3.45. The Bertz CT molecular complexity index is 653. The van der Waals surface area contributed by atoms with Crippen LogP contribution < -0.4 is 15.5 Å². The minimum Gasteiger partial charge on any atom is -0.368 e. The molecule has 0 radical (unpaired) electrons. The fourth-order valence-electron chi connectivity index (χ4n) is 2.82. The summed E-state index contributed by atoms with van der Waals surface area (Å²) >= 11 is 6.34. The topological polar surface area (TPSA) is 60.0 Å². The summed E-state index contributed by atoms with van der Waals surface area (Å²) in [4.78, 5) is 20.0. The lowest BCUT2D eigenvalue weighted by Gasteiger charge is -2.35. The summed E-state index contributed by atoms with van der Waals surface area (Å²) in [5, 5.41) is 7.39. The molecule has 0 bridgehead atoms. The Hall–Kier alpha value is -1.48. The average Bonchev–Trinajstić information content (AvgIpc) is 2.64. The van der Waals surface area contributed by atoms with Crippen LogP contribution in [0.4, 0.5) is 5.69 Å². The number of hydrogen-bond donors (Lipinski definition) is 2. The quantitative estimate of drug-likeness (QED) is 0.270. The van der Waals surface area contributed by atoms with Crippen LogP contribution >= 0.6 is 35.6 Å². The van der Waals surface area contributed by atoms with Crippen molar-refractivity contribution < 1.29 is 4.79 Å². The monoisotopic (exact) mass is 505 g/mol. The molecular weight excluding hydrogens is 477 g/mol. The molecule has 0 aromatic heterocycles. The Morgan fingerprint density at radius 1 is 1.44 bits per heavy atom. The summed E-state index contributed by atoms with van der Waals surface area (Å²) in [6, 6.07) is 8.14. The molecule has 6 nitrogen and oxygen atoms in total. The second kappa shape index (κ2) is 12.1. The van der Waals surface area contributed by atoms with Crippen LogP contribution in [0.15, 0.2) is 41.9 Å². The minimum atomic E-state index is -0.0361. The van der Waals surface area contributed by atoms with E-state index in [4.69, 9.17) is 11.6 Å². The Morgan fingerprint density at radius 3 is 2.85 bits per heavy atom. The zero-order valence-electron chi connectivity index (χ0n) is 15.9. The van der Waals surface area contributed by atoms with Gasteiger partial charge in [-0.05, 0) is 25.0 Å². The van der Waals surface area contributed by atoms with Crippen LogP contribution in [0.25, 0.3) is 0 Å². The first-order valence-electron chi connectivity index (χ1n) is 8.86. The number of amides is 1. The Kier molecular flexibility index (Phi) is 10.5. The van der Waals surface area contributed by atoms with Crippen molar-refractivity contribution in [2.24, 2.45) is 4.99 Å². The van der Waals surface area contributed by atoms with E-state index >= 15 is 0 Å². The van der Waals surface area contributed by atoms with Crippen molar-refractivity contribution in [1.29, 1.82) is 0 Å². The average molecular weight is 506 g/mol. The number of anilines is 1. The first-order valence-corrected chi connectivity index (χ1v) is 9.24. The molecule has 0 spiro atoms. The highest BCUT2D eigenvalue weighted by atomic mass is 127. The van der Waals surface area contributed by atoms with Crippen LogP contribution in [0.1, 0.15) is 12.8 Å². The van der Waals surface area contributed by atoms with Gasteiger partial charge in [0.05, 0.1) is 10.7 Å². The molecule has 1 aliphatic heterocycles. The van der Waals surface area contributed by atoms with E-state index in [0.717, 1.165) is 36.6 Å². The van der Waals surface area contributed by atoms with Gasteiger partial charge in [0.15, 0.2) is 5.96 Å². The van der Waals surface area contributed by atoms with E-state index in [9.17, 15) is 4.79 Å². The van der Waals surface area contributed by atoms with Gasteiger partial charge < -0.3 is 20.4 Å². The first kappa shape index (κ1) is 23.6. The van der Waals surface area contributed by atoms with E-state index in [2.05, 4.69) is 27.1 Å². The number of piperidine rings is 1. The van der Waals surface area contributed by atoms with Gasteiger partial charge in [-0.2, -0.15) is 0 Å². The summed E-state index contributed by atoms with van der Waals surface area (Å²) in [6.45, 7) is 6.23. The molecule has 2 N–H and O–H groups in total. The molecule has 1 aromatic carbocycles. The van der Waals surface area contributed by atoms with Crippen molar-refractivity contribution in [2.75, 3.05) is 45.2 Å². The van der Waals surface area contributed by atoms with Crippen molar-refractivity contribution in [3.63, 3.8) is 0 Å². The molecule has 27 heavy (non-hydrogen) atoms. The molecule has 1 fully saturated rings. The molecule has 0 saturated carbocycles. The van der Waals surface area contributed by atoms with Gasteiger partial charge in [-0.3, -0.25) is 4.79 Å². The normalized spacial score (nSPS) is 16.9. The standard InChI is InChI=1S/C19H28ClN5O.HI/c1-4-11-21-19(22-13-18(26)24(2)3)23-15-8-7-12-25(14-15)17-10-6-5-9-16(17)20;/h4-6,9-10,15H,1,7-8,11-14H2,2-3H3,(H2,21,22,23);1H. The van der Waals surface area contributed by atoms with Gasteiger partial charge in [0, 0.05) is 39.8 Å². The number of nitrogens with zero attached hydrogens (tertiary/aromatic N) is 3. The molecule has 2 rings (SSSR count). The molecule has 1 aliphatic rings. The third-order valence-electron chi connectivity index (χ3n) is 4.24. The van der Waals surface area contributed by atoms with E-state index in [-0.39, 0.29) is 42.5 Å². The molecular formula is C19H29ClIN5O. The van der Waals surface area contributed by atoms with E-state index < -0.39 is 0 Å². The highest BCUT2D eigenvalue weighted by Crippen LogP contribution is 2.27. The lowest BCUT2D eigenvalue weighted by atomic mass is 10.0. The van der Waals surface area contributed by atoms with Crippen molar-refractivity contribution >= 4 is 53.1 Å². The van der Waals surface area contributed by atoms with E-state index in [0.29, 0.717) is 12.5 Å². The third kappa shape index (κ3) is 7.57. The van der Waals surface area contributed by atoms with Gasteiger partial charge in [-0.25, -0.2) is 4.99 Å². The van der Waals surface area contributed by atoms with E-state index in [1.165, 1.54) is 4.90 Å². The number of guanidine groups is 1. The van der Waals surface area contributed by atoms with E-state index in [1.807, 2.05) is 24.3 Å². The highest BCUT2D eigenvalue weighted by molar-refractivity contribution is 14.0. The number of hydrogen-bond acceptors (Lipinski definition) is 3. The van der Waals surface area contributed by atoms with Gasteiger partial charge in [-0.15, -0.1) is 30.6 Å². The Balaban J connectivity index is 0.00000364. The van der Waals surface area contributed by atoms with Crippen molar-refractivity contribution in [3.8, 4) is 0 Å². The number of carbonyl (C=O) groups is 1. The van der Waals surface area contributed by atoms with Crippen molar-refractivity contribution in [2.45, 2.75) is 18.9 Å². The molecule has 150 valence electrons. The molecule has 1 aromatic rings. The number of rotatable bonds is 6. The summed E-state index contributed by atoms with van der Waals surface area (Å²) in [5.41, 5.74) is 1.06. The second-order valence-corrected chi connectivity index (χ2v) is 6.91. The maximum atomic E-state index is 11.8. The molecule has 1 atom stereocenters. The van der Waals surface area contributed by atoms with Crippen LogP contribution in [0.5, 0.6) is 0 Å². The SMILES string of the molecule is C=CCNC(=NCC(=O)N(C)C)NC1CCCN(c2ccccc2Cl)C1.I. The van der Waals surface area contributed by atoms with Crippen molar-refractivity contribution in [3.05, 3.63) is 41.9 Å². The predicted octanol–water partition coefficient (Wildman–Crippen LogP) is 2.74. The fraction of sp³-hybridized carbons (Fsp3) is 0.474. The van der Waals surface area contributed by atoms with Gasteiger partial charge in [0.1, 0.15) is 6.54 Å². The number of likely N-dealkylation sites (N-methyl/N-ethyl adjacent to an activating group) is 1. The first-order chi connectivity index (χ1) is 12.5. The number of para-hydroxylation sites is 1. The maximum absolute atomic E-state index is 11.8. The third-order valence-corrected chi connectivity index (χ3v) is 4.56. The molecule has 1 amide bonds. The van der Waals surface area contributed by atoms with Gasteiger partial charge in [-0.1, -0.05) is 29.8 Å². The van der Waals surface area contributed by atoms with Crippen LogP contribution in [0.2, 0.25) is 5.02 Å². The molecule has 8 heteroatoms. The molecule has 1 heterocycles. The van der Waals surface area contributed by atoms with Crippen LogP contribution in [0, 0.1) is 0 Å². The second-order valence-electron chi connectivity index (χ2n) is 6.50. The van der Waals surface area contributed by atoms with Gasteiger partial charge >= 0.3 is 0 Å². The van der Waals surface area contributed by atoms with Crippen LogP contribution in [-0.4, -0.2) is 63.1 Å². The smallest absolute Gasteiger partial charge is 0.243 e. The molecule has 0 aliphatic carbocycles. The van der Waals surface area contributed by atoms with Gasteiger partial charge in [0.25, 0.3) is 0 Å². The lowest BCUT2D eigenvalue weighted by Crippen LogP contribution is -2.51. The largest absolute Gasteiger partial charge is 0.368 e. The maximum Gasteiger partial charge on any atom is 0.243 e.